The summed E-state index contributed by atoms with van der Waals surface area (Å²) >= 11 is 0. The molecule has 0 aliphatic carbocycles. The lowest BCUT2D eigenvalue weighted by Gasteiger charge is -2.27. The summed E-state index contributed by atoms with van der Waals surface area (Å²) in [6.45, 7) is 13.7. The zero-order valence-electron chi connectivity index (χ0n) is 34.0. The quantitative estimate of drug-likeness (QED) is 0.0957. The SMILES string of the molecule is CC(Cc1ccc(N(CCNC(=O)OC(C)(C)C)CCNC(=O)OC(C)(C)C)cc1)C(=O)NC(Cc1ccc(C(F)(F)F)cc1)C(=O)Nc1cnc2ccccc2c1. The first-order valence-electron chi connectivity index (χ1n) is 19.0. The number of carbonyl (C=O) groups is 4. The summed E-state index contributed by atoms with van der Waals surface area (Å²) in [5.41, 5.74) is 1.07. The van der Waals surface area contributed by atoms with Crippen LogP contribution in [0.1, 0.15) is 65.2 Å². The first-order valence-corrected chi connectivity index (χ1v) is 19.0. The highest BCUT2D eigenvalue weighted by molar-refractivity contribution is 5.98. The second-order valence-corrected chi connectivity index (χ2v) is 16.0. The topological polar surface area (TPSA) is 151 Å². The third-order valence-electron chi connectivity index (χ3n) is 8.60. The average molecular weight is 807 g/mol. The van der Waals surface area contributed by atoms with Crippen molar-refractivity contribution in [2.45, 2.75) is 84.7 Å². The number of ether oxygens (including phenoxy) is 2. The van der Waals surface area contributed by atoms with Crippen LogP contribution in [0.15, 0.2) is 85.1 Å². The molecule has 0 saturated heterocycles. The van der Waals surface area contributed by atoms with Gasteiger partial charge in [-0.1, -0.05) is 49.4 Å². The predicted octanol–water partition coefficient (Wildman–Crippen LogP) is 7.65. The number of carbonyl (C=O) groups excluding carboxylic acids is 4. The monoisotopic (exact) mass is 806 g/mol. The van der Waals surface area contributed by atoms with Crippen molar-refractivity contribution < 1.29 is 41.8 Å². The molecular weight excluding hydrogens is 754 g/mol. The van der Waals surface area contributed by atoms with Gasteiger partial charge in [0, 0.05) is 49.6 Å². The van der Waals surface area contributed by atoms with Gasteiger partial charge < -0.3 is 35.6 Å². The molecule has 0 aliphatic heterocycles. The van der Waals surface area contributed by atoms with Crippen molar-refractivity contribution in [1.29, 1.82) is 0 Å². The van der Waals surface area contributed by atoms with E-state index in [1.165, 1.54) is 18.3 Å². The molecule has 2 unspecified atom stereocenters. The number of hydrogen-bond donors (Lipinski definition) is 4. The number of benzene rings is 3. The molecule has 4 N–H and O–H groups in total. The summed E-state index contributed by atoms with van der Waals surface area (Å²) in [5, 5.41) is 11.9. The summed E-state index contributed by atoms with van der Waals surface area (Å²) in [7, 11) is 0. The van der Waals surface area contributed by atoms with E-state index < -0.39 is 58.9 Å². The minimum Gasteiger partial charge on any atom is -0.444 e. The molecule has 2 atom stereocenters. The molecule has 0 radical (unpaired) electrons. The number of pyridine rings is 1. The minimum atomic E-state index is -4.52. The molecule has 4 rings (SSSR count). The number of aromatic nitrogens is 1. The fraction of sp³-hybridized carbons (Fsp3) is 0.419. The third-order valence-corrected chi connectivity index (χ3v) is 8.60. The second-order valence-electron chi connectivity index (χ2n) is 16.0. The molecule has 3 aromatic carbocycles. The van der Waals surface area contributed by atoms with E-state index in [0.29, 0.717) is 30.8 Å². The second kappa shape index (κ2) is 19.5. The molecule has 1 heterocycles. The molecule has 4 amide bonds. The Morgan fingerprint density at radius 1 is 0.724 bits per heavy atom. The zero-order valence-corrected chi connectivity index (χ0v) is 34.0. The number of alkyl carbamates (subject to hydrolysis) is 2. The summed E-state index contributed by atoms with van der Waals surface area (Å²) in [4.78, 5) is 58.1. The standard InChI is InChI=1S/C43H53F3N6O6/c1-28(24-29-14-18-34(19-15-29)52(22-20-47-39(55)57-41(2,3)4)23-21-48-40(56)58-42(5,6)7)37(53)51-36(25-30-12-16-32(17-13-30)43(44,45)46)38(54)50-33-26-31-10-8-9-11-35(31)49-27-33/h8-19,26-28,36H,20-25H2,1-7H3,(H,47,55)(H,48,56)(H,50,54)(H,51,53). The number of nitrogens with one attached hydrogen (secondary N) is 4. The molecule has 0 aliphatic rings. The molecule has 12 nitrogen and oxygen atoms in total. The van der Waals surface area contributed by atoms with Crippen LogP contribution in [0, 0.1) is 5.92 Å². The Morgan fingerprint density at radius 2 is 1.26 bits per heavy atom. The maximum atomic E-state index is 13.6. The van der Waals surface area contributed by atoms with Gasteiger partial charge in [0.2, 0.25) is 11.8 Å². The van der Waals surface area contributed by atoms with Crippen LogP contribution >= 0.6 is 0 Å². The van der Waals surface area contributed by atoms with Crippen molar-refractivity contribution in [3.63, 3.8) is 0 Å². The van der Waals surface area contributed by atoms with E-state index in [1.807, 2.05) is 53.4 Å². The average Bonchev–Trinajstić information content (AvgIpc) is 3.12. The van der Waals surface area contributed by atoms with Crippen LogP contribution in [0.4, 0.5) is 34.1 Å². The Hall–Kier alpha value is -5.86. The Kier molecular flexibility index (Phi) is 15.1. The molecule has 0 saturated carbocycles. The highest BCUT2D eigenvalue weighted by atomic mass is 19.4. The van der Waals surface area contributed by atoms with Gasteiger partial charge in [-0.25, -0.2) is 9.59 Å². The van der Waals surface area contributed by atoms with E-state index >= 15 is 0 Å². The first kappa shape index (κ1) is 44.8. The zero-order chi connectivity index (χ0) is 42.7. The Morgan fingerprint density at radius 3 is 1.81 bits per heavy atom. The van der Waals surface area contributed by atoms with Crippen molar-refractivity contribution >= 4 is 46.3 Å². The molecule has 58 heavy (non-hydrogen) atoms. The minimum absolute atomic E-state index is 0.0560. The van der Waals surface area contributed by atoms with Crippen LogP contribution in [0.2, 0.25) is 0 Å². The molecule has 15 heteroatoms. The number of para-hydroxylation sites is 1. The maximum absolute atomic E-state index is 13.6. The summed E-state index contributed by atoms with van der Waals surface area (Å²) in [5.74, 6) is -1.57. The van der Waals surface area contributed by atoms with E-state index in [9.17, 15) is 32.3 Å². The number of hydrogen-bond acceptors (Lipinski definition) is 8. The predicted molar refractivity (Wildman–Crippen MR) is 217 cm³/mol. The lowest BCUT2D eigenvalue weighted by Crippen LogP contribution is -2.47. The van der Waals surface area contributed by atoms with Crippen LogP contribution in [0.5, 0.6) is 0 Å². The van der Waals surface area contributed by atoms with Gasteiger partial charge in [-0.3, -0.25) is 14.6 Å². The van der Waals surface area contributed by atoms with Crippen molar-refractivity contribution in [2.24, 2.45) is 5.92 Å². The smallest absolute Gasteiger partial charge is 0.416 e. The Labute approximate surface area is 337 Å². The fourth-order valence-electron chi connectivity index (χ4n) is 5.83. The number of anilines is 2. The van der Waals surface area contributed by atoms with Crippen LogP contribution in [0.25, 0.3) is 10.9 Å². The number of alkyl halides is 3. The van der Waals surface area contributed by atoms with Gasteiger partial charge in [-0.05, 0) is 95.5 Å². The highest BCUT2D eigenvalue weighted by Gasteiger charge is 2.31. The number of fused-ring (bicyclic) bond motifs is 1. The molecule has 4 aromatic rings. The van der Waals surface area contributed by atoms with Crippen molar-refractivity contribution in [3.05, 3.63) is 102 Å². The molecular formula is C43H53F3N6O6. The molecule has 0 fully saturated rings. The van der Waals surface area contributed by atoms with Crippen LogP contribution < -0.4 is 26.2 Å². The molecule has 0 bridgehead atoms. The Bertz CT molecular complexity index is 1980. The normalized spacial score (nSPS) is 12.9. The van der Waals surface area contributed by atoms with Crippen molar-refractivity contribution in [1.82, 2.24) is 20.9 Å². The summed E-state index contributed by atoms with van der Waals surface area (Å²) < 4.78 is 50.4. The van der Waals surface area contributed by atoms with E-state index in [1.54, 1.807) is 54.5 Å². The summed E-state index contributed by atoms with van der Waals surface area (Å²) in [6.07, 6.45) is -3.86. The highest BCUT2D eigenvalue weighted by Crippen LogP contribution is 2.29. The van der Waals surface area contributed by atoms with E-state index in [-0.39, 0.29) is 19.5 Å². The van der Waals surface area contributed by atoms with Crippen molar-refractivity contribution in [2.75, 3.05) is 36.4 Å². The van der Waals surface area contributed by atoms with E-state index in [0.717, 1.165) is 34.3 Å². The first-order chi connectivity index (χ1) is 27.1. The largest absolute Gasteiger partial charge is 0.444 e. The molecule has 312 valence electrons. The van der Waals surface area contributed by atoms with Gasteiger partial charge >= 0.3 is 18.4 Å². The Balaban J connectivity index is 1.44. The van der Waals surface area contributed by atoms with Gasteiger partial charge in [0.15, 0.2) is 0 Å². The number of halogens is 3. The van der Waals surface area contributed by atoms with Gasteiger partial charge in [0.1, 0.15) is 17.2 Å². The van der Waals surface area contributed by atoms with E-state index in [2.05, 4.69) is 26.3 Å². The van der Waals surface area contributed by atoms with Crippen LogP contribution in [-0.4, -0.2) is 72.4 Å². The van der Waals surface area contributed by atoms with Gasteiger partial charge in [-0.15, -0.1) is 0 Å². The number of rotatable bonds is 15. The van der Waals surface area contributed by atoms with Gasteiger partial charge in [-0.2, -0.15) is 13.2 Å². The van der Waals surface area contributed by atoms with Crippen LogP contribution in [-0.2, 0) is 38.1 Å². The fourth-order valence-corrected chi connectivity index (χ4v) is 5.83. The van der Waals surface area contributed by atoms with Gasteiger partial charge in [0.25, 0.3) is 0 Å². The van der Waals surface area contributed by atoms with Crippen LogP contribution in [0.3, 0.4) is 0 Å². The molecule has 1 aromatic heterocycles. The van der Waals surface area contributed by atoms with E-state index in [4.69, 9.17) is 9.47 Å². The third kappa shape index (κ3) is 14.9. The molecule has 0 spiro atoms. The summed E-state index contributed by atoms with van der Waals surface area (Å²) in [6, 6.07) is 20.0. The number of amides is 4. The maximum Gasteiger partial charge on any atom is 0.416 e. The lowest BCUT2D eigenvalue weighted by molar-refractivity contribution is -0.137. The van der Waals surface area contributed by atoms with Gasteiger partial charge in [0.05, 0.1) is 23.0 Å². The lowest BCUT2D eigenvalue weighted by atomic mass is 9.98. The number of nitrogens with zero attached hydrogens (tertiary/aromatic N) is 2. The van der Waals surface area contributed by atoms with Crippen molar-refractivity contribution in [3.8, 4) is 0 Å².